The molecule has 9 heteroatoms. The Morgan fingerprint density at radius 1 is 1.22 bits per heavy atom. The summed E-state index contributed by atoms with van der Waals surface area (Å²) in [5.74, 6) is 1.01. The summed E-state index contributed by atoms with van der Waals surface area (Å²) < 4.78 is 44.6. The molecule has 0 aliphatic heterocycles. The fourth-order valence-corrected chi connectivity index (χ4v) is 4.11. The maximum absolute atomic E-state index is 13.0. The maximum Gasteiger partial charge on any atom is 0.418 e. The van der Waals surface area contributed by atoms with E-state index in [-0.39, 0.29) is 23.0 Å². The van der Waals surface area contributed by atoms with Crippen LogP contribution in [0.1, 0.15) is 12.0 Å². The van der Waals surface area contributed by atoms with Crippen molar-refractivity contribution in [2.24, 2.45) is 0 Å². The van der Waals surface area contributed by atoms with Gasteiger partial charge < -0.3 is 10.1 Å². The first-order chi connectivity index (χ1) is 12.9. The number of thioether (sulfide) groups is 1. The van der Waals surface area contributed by atoms with Crippen molar-refractivity contribution in [1.29, 1.82) is 0 Å². The molecule has 2 aromatic carbocycles. The molecule has 1 heterocycles. The smallest absolute Gasteiger partial charge is 0.418 e. The van der Waals surface area contributed by atoms with Crippen molar-refractivity contribution in [2.45, 2.75) is 17.5 Å². The summed E-state index contributed by atoms with van der Waals surface area (Å²) >= 11 is 2.53. The first kappa shape index (κ1) is 19.5. The van der Waals surface area contributed by atoms with Crippen LogP contribution in [0.3, 0.4) is 0 Å². The summed E-state index contributed by atoms with van der Waals surface area (Å²) in [6, 6.07) is 11.3. The van der Waals surface area contributed by atoms with E-state index in [9.17, 15) is 18.0 Å². The van der Waals surface area contributed by atoms with Crippen LogP contribution in [-0.2, 0) is 11.0 Å². The number of amides is 1. The molecule has 0 fully saturated rings. The van der Waals surface area contributed by atoms with Crippen molar-refractivity contribution in [3.63, 3.8) is 0 Å². The van der Waals surface area contributed by atoms with Crippen LogP contribution in [0.15, 0.2) is 47.4 Å². The Hall–Kier alpha value is -2.26. The van der Waals surface area contributed by atoms with Gasteiger partial charge in [-0.05, 0) is 36.4 Å². The third kappa shape index (κ3) is 4.92. The lowest BCUT2D eigenvalue weighted by Gasteiger charge is -2.06. The van der Waals surface area contributed by atoms with Crippen molar-refractivity contribution in [1.82, 2.24) is 4.98 Å². The topological polar surface area (TPSA) is 51.2 Å². The zero-order valence-corrected chi connectivity index (χ0v) is 15.8. The number of thiazole rings is 1. The van der Waals surface area contributed by atoms with E-state index in [0.717, 1.165) is 28.0 Å². The standard InChI is InChI=1S/C18H15F3N2O2S2/c1-25-11-5-7-12(8-6-11)26-10-9-15(24)22-17-23-16-13(18(19,20)21)3-2-4-14(16)27-17/h2-8H,9-10H2,1H3,(H,22,23,24). The van der Waals surface area contributed by atoms with E-state index in [1.54, 1.807) is 13.2 Å². The highest BCUT2D eigenvalue weighted by atomic mass is 32.2. The van der Waals surface area contributed by atoms with Gasteiger partial charge in [-0.3, -0.25) is 4.79 Å². The van der Waals surface area contributed by atoms with Crippen molar-refractivity contribution in [2.75, 3.05) is 18.2 Å². The number of aromatic nitrogens is 1. The molecule has 0 atom stereocenters. The van der Waals surface area contributed by atoms with Crippen LogP contribution in [0.2, 0.25) is 0 Å². The number of anilines is 1. The van der Waals surface area contributed by atoms with E-state index >= 15 is 0 Å². The van der Waals surface area contributed by atoms with Gasteiger partial charge in [0.15, 0.2) is 5.13 Å². The second-order valence-corrected chi connectivity index (χ2v) is 7.69. The number of benzene rings is 2. The van der Waals surface area contributed by atoms with Gasteiger partial charge in [-0.1, -0.05) is 17.4 Å². The van der Waals surface area contributed by atoms with Gasteiger partial charge in [-0.15, -0.1) is 11.8 Å². The quantitative estimate of drug-likeness (QED) is 0.548. The van der Waals surface area contributed by atoms with Gasteiger partial charge in [0.2, 0.25) is 5.91 Å². The largest absolute Gasteiger partial charge is 0.497 e. The first-order valence-corrected chi connectivity index (χ1v) is 9.70. The Kier molecular flexibility index (Phi) is 5.91. The number of halogens is 3. The van der Waals surface area contributed by atoms with Crippen LogP contribution in [0.25, 0.3) is 10.2 Å². The van der Waals surface area contributed by atoms with Gasteiger partial charge in [0, 0.05) is 17.1 Å². The predicted molar refractivity (Wildman–Crippen MR) is 102 cm³/mol. The van der Waals surface area contributed by atoms with Crippen molar-refractivity contribution < 1.29 is 22.7 Å². The van der Waals surface area contributed by atoms with E-state index < -0.39 is 11.7 Å². The summed E-state index contributed by atoms with van der Waals surface area (Å²) in [6.07, 6.45) is -4.26. The number of fused-ring (bicyclic) bond motifs is 1. The summed E-state index contributed by atoms with van der Waals surface area (Å²) in [4.78, 5) is 17.0. The Balaban J connectivity index is 1.59. The molecule has 27 heavy (non-hydrogen) atoms. The third-order valence-corrected chi connectivity index (χ3v) is 5.58. The predicted octanol–water partition coefficient (Wildman–Crippen LogP) is 5.44. The molecule has 3 rings (SSSR count). The lowest BCUT2D eigenvalue weighted by molar-refractivity contribution is -0.136. The number of rotatable bonds is 6. The van der Waals surface area contributed by atoms with E-state index in [0.29, 0.717) is 10.5 Å². The number of alkyl halides is 3. The first-order valence-electron chi connectivity index (χ1n) is 7.90. The van der Waals surface area contributed by atoms with Crippen molar-refractivity contribution in [3.05, 3.63) is 48.0 Å². The Morgan fingerprint density at radius 2 is 1.96 bits per heavy atom. The minimum atomic E-state index is -4.48. The summed E-state index contributed by atoms with van der Waals surface area (Å²) in [5, 5.41) is 2.75. The molecule has 1 amide bonds. The summed E-state index contributed by atoms with van der Waals surface area (Å²) in [5.41, 5.74) is -0.940. The van der Waals surface area contributed by atoms with Crippen LogP contribution >= 0.6 is 23.1 Å². The molecule has 0 aliphatic carbocycles. The lowest BCUT2D eigenvalue weighted by atomic mass is 10.2. The number of ether oxygens (including phenoxy) is 1. The Bertz CT molecular complexity index is 940. The van der Waals surface area contributed by atoms with Crippen LogP contribution in [0, 0.1) is 0 Å². The molecule has 0 saturated carbocycles. The number of hydrogen-bond acceptors (Lipinski definition) is 5. The molecular formula is C18H15F3N2O2S2. The van der Waals surface area contributed by atoms with E-state index in [1.165, 1.54) is 17.8 Å². The number of methoxy groups -OCH3 is 1. The lowest BCUT2D eigenvalue weighted by Crippen LogP contribution is -2.12. The monoisotopic (exact) mass is 412 g/mol. The van der Waals surface area contributed by atoms with Gasteiger partial charge in [-0.25, -0.2) is 4.98 Å². The van der Waals surface area contributed by atoms with Gasteiger partial charge >= 0.3 is 6.18 Å². The third-order valence-electron chi connectivity index (χ3n) is 3.63. The Labute approximate surface area is 161 Å². The molecule has 1 aromatic heterocycles. The number of para-hydroxylation sites is 1. The van der Waals surface area contributed by atoms with Gasteiger partial charge in [-0.2, -0.15) is 13.2 Å². The minimum Gasteiger partial charge on any atom is -0.497 e. The molecule has 0 radical (unpaired) electrons. The van der Waals surface area contributed by atoms with Gasteiger partial charge in [0.25, 0.3) is 0 Å². The molecule has 0 spiro atoms. The number of nitrogens with zero attached hydrogens (tertiary/aromatic N) is 1. The van der Waals surface area contributed by atoms with Crippen LogP contribution in [0.5, 0.6) is 5.75 Å². The molecular weight excluding hydrogens is 397 g/mol. The fourth-order valence-electron chi connectivity index (χ4n) is 2.35. The summed E-state index contributed by atoms with van der Waals surface area (Å²) in [7, 11) is 1.59. The highest BCUT2D eigenvalue weighted by Gasteiger charge is 2.33. The Morgan fingerprint density at radius 3 is 2.63 bits per heavy atom. The number of hydrogen-bond donors (Lipinski definition) is 1. The normalized spacial score (nSPS) is 11.6. The van der Waals surface area contributed by atoms with Crippen LogP contribution in [-0.4, -0.2) is 23.8 Å². The van der Waals surface area contributed by atoms with Crippen molar-refractivity contribution >= 4 is 44.4 Å². The maximum atomic E-state index is 13.0. The molecule has 0 bridgehead atoms. The van der Waals surface area contributed by atoms with Gasteiger partial charge in [0.1, 0.15) is 5.75 Å². The average Bonchev–Trinajstić information content (AvgIpc) is 3.03. The van der Waals surface area contributed by atoms with E-state index in [1.807, 2.05) is 24.3 Å². The highest BCUT2D eigenvalue weighted by molar-refractivity contribution is 7.99. The average molecular weight is 412 g/mol. The molecule has 0 aliphatic rings. The van der Waals surface area contributed by atoms with Crippen molar-refractivity contribution in [3.8, 4) is 5.75 Å². The molecule has 142 valence electrons. The highest BCUT2D eigenvalue weighted by Crippen LogP contribution is 2.37. The zero-order chi connectivity index (χ0) is 19.4. The van der Waals surface area contributed by atoms with Gasteiger partial charge in [0.05, 0.1) is 22.9 Å². The number of carbonyl (C=O) groups is 1. The molecule has 0 unspecified atom stereocenters. The number of carbonyl (C=O) groups excluding carboxylic acids is 1. The fraction of sp³-hybridized carbons (Fsp3) is 0.222. The molecule has 4 nitrogen and oxygen atoms in total. The number of nitrogens with one attached hydrogen (secondary N) is 1. The second kappa shape index (κ2) is 8.18. The summed E-state index contributed by atoms with van der Waals surface area (Å²) in [6.45, 7) is 0. The second-order valence-electron chi connectivity index (χ2n) is 5.49. The minimum absolute atomic E-state index is 0.141. The van der Waals surface area contributed by atoms with E-state index in [4.69, 9.17) is 4.74 Å². The molecule has 1 N–H and O–H groups in total. The van der Waals surface area contributed by atoms with Crippen LogP contribution < -0.4 is 10.1 Å². The SMILES string of the molecule is COc1ccc(SCCC(=O)Nc2nc3c(C(F)(F)F)cccc3s2)cc1. The van der Waals surface area contributed by atoms with E-state index in [2.05, 4.69) is 10.3 Å². The molecule has 3 aromatic rings. The van der Waals surface area contributed by atoms with Crippen LogP contribution in [0.4, 0.5) is 18.3 Å². The zero-order valence-electron chi connectivity index (χ0n) is 14.2. The molecule has 0 saturated heterocycles.